The van der Waals surface area contributed by atoms with Gasteiger partial charge in [0.1, 0.15) is 12.2 Å². The molecule has 0 aromatic carbocycles. The monoisotopic (exact) mass is 130 g/mol. The molecule has 1 atom stereocenters. The molecule has 1 fully saturated rings. The number of aliphatic hydroxyl groups is 1. The number of esters is 1. The van der Waals surface area contributed by atoms with Crippen molar-refractivity contribution in [2.24, 2.45) is 0 Å². The minimum absolute atomic E-state index is 0.0637. The third-order valence-corrected chi connectivity index (χ3v) is 1.01. The summed E-state index contributed by atoms with van der Waals surface area (Å²) in [5.74, 6) is -0.905. The number of carbonyl (C=O) groups excluding carboxylic acids is 2. The van der Waals surface area contributed by atoms with Gasteiger partial charge in [0.05, 0.1) is 6.42 Å². The number of rotatable bonds is 0. The summed E-state index contributed by atoms with van der Waals surface area (Å²) in [4.78, 5) is 20.7. The first-order valence-electron chi connectivity index (χ1n) is 2.58. The molecule has 1 saturated heterocycles. The maximum atomic E-state index is 10.4. The van der Waals surface area contributed by atoms with Gasteiger partial charge in [-0.15, -0.1) is 0 Å². The Balaban J connectivity index is 2.53. The zero-order valence-electron chi connectivity index (χ0n) is 4.66. The first-order chi connectivity index (χ1) is 4.18. The van der Waals surface area contributed by atoms with E-state index in [2.05, 4.69) is 4.74 Å². The fourth-order valence-electron chi connectivity index (χ4n) is 0.663. The van der Waals surface area contributed by atoms with Crippen LogP contribution in [0.1, 0.15) is 12.8 Å². The predicted molar refractivity (Wildman–Crippen MR) is 26.3 cm³/mol. The molecule has 0 aliphatic carbocycles. The molecule has 9 heavy (non-hydrogen) atoms. The molecule has 0 spiro atoms. The van der Waals surface area contributed by atoms with E-state index < -0.39 is 12.3 Å². The molecule has 1 aliphatic rings. The highest BCUT2D eigenvalue weighted by molar-refractivity contribution is 5.97. The lowest BCUT2D eigenvalue weighted by Gasteiger charge is -2.15. The minimum Gasteiger partial charge on any atom is -0.435 e. The summed E-state index contributed by atoms with van der Waals surface area (Å²) in [5, 5.41) is 8.59. The van der Waals surface area contributed by atoms with Gasteiger partial charge in [0.25, 0.3) is 0 Å². The second-order valence-electron chi connectivity index (χ2n) is 1.86. The average Bonchev–Trinajstić information content (AvgIpc) is 1.59. The first-order valence-corrected chi connectivity index (χ1v) is 2.58. The highest BCUT2D eigenvalue weighted by atomic mass is 16.6. The fraction of sp³-hybridized carbons (Fsp3) is 0.600. The summed E-state index contributed by atoms with van der Waals surface area (Å²) in [6, 6.07) is 0. The quantitative estimate of drug-likeness (QED) is 0.345. The van der Waals surface area contributed by atoms with Crippen LogP contribution in [0.4, 0.5) is 0 Å². The highest BCUT2D eigenvalue weighted by Gasteiger charge is 2.24. The Kier molecular flexibility index (Phi) is 1.48. The fourth-order valence-corrected chi connectivity index (χ4v) is 0.663. The van der Waals surface area contributed by atoms with Gasteiger partial charge in [0.2, 0.25) is 6.29 Å². The van der Waals surface area contributed by atoms with Crippen molar-refractivity contribution >= 4 is 11.8 Å². The molecule has 50 valence electrons. The van der Waals surface area contributed by atoms with Crippen LogP contribution >= 0.6 is 0 Å². The summed E-state index contributed by atoms with van der Waals surface area (Å²) >= 11 is 0. The standard InChI is InChI=1S/C5H6O4/c6-3-1-4(7)9-5(8)2-3/h4,7H,1-2H2. The summed E-state index contributed by atoms with van der Waals surface area (Å²) in [6.45, 7) is 0. The number of Topliss-reactive ketones (excluding diaryl/α,β-unsaturated/α-hetero) is 1. The number of hydrogen-bond acceptors (Lipinski definition) is 4. The lowest BCUT2D eigenvalue weighted by molar-refractivity contribution is -0.177. The Hall–Kier alpha value is -0.900. The van der Waals surface area contributed by atoms with Crippen molar-refractivity contribution in [2.75, 3.05) is 0 Å². The molecule has 1 rings (SSSR count). The largest absolute Gasteiger partial charge is 0.435 e. The van der Waals surface area contributed by atoms with E-state index in [4.69, 9.17) is 5.11 Å². The van der Waals surface area contributed by atoms with Gasteiger partial charge in [0.15, 0.2) is 0 Å². The van der Waals surface area contributed by atoms with Crippen molar-refractivity contribution < 1.29 is 19.4 Å². The highest BCUT2D eigenvalue weighted by Crippen LogP contribution is 2.07. The lowest BCUT2D eigenvalue weighted by atomic mass is 10.2. The summed E-state index contributed by atoms with van der Waals surface area (Å²) in [5.41, 5.74) is 0. The molecule has 4 heteroatoms. The van der Waals surface area contributed by atoms with Crippen LogP contribution < -0.4 is 0 Å². The number of ether oxygens (including phenoxy) is 1. The Morgan fingerprint density at radius 3 is 2.67 bits per heavy atom. The van der Waals surface area contributed by atoms with Crippen molar-refractivity contribution in [3.05, 3.63) is 0 Å². The second kappa shape index (κ2) is 2.14. The van der Waals surface area contributed by atoms with E-state index >= 15 is 0 Å². The van der Waals surface area contributed by atoms with Crippen LogP contribution in [0.2, 0.25) is 0 Å². The molecule has 0 radical (unpaired) electrons. The Labute approximate surface area is 51.4 Å². The van der Waals surface area contributed by atoms with Gasteiger partial charge < -0.3 is 9.84 Å². The first kappa shape index (κ1) is 6.22. The lowest BCUT2D eigenvalue weighted by Crippen LogP contribution is -2.28. The zero-order chi connectivity index (χ0) is 6.85. The number of aliphatic hydroxyl groups excluding tert-OH is 1. The average molecular weight is 130 g/mol. The van der Waals surface area contributed by atoms with Gasteiger partial charge in [-0.3, -0.25) is 9.59 Å². The third kappa shape index (κ3) is 1.50. The summed E-state index contributed by atoms with van der Waals surface area (Å²) in [7, 11) is 0. The van der Waals surface area contributed by atoms with Gasteiger partial charge in [-0.05, 0) is 0 Å². The Morgan fingerprint density at radius 1 is 1.56 bits per heavy atom. The third-order valence-electron chi connectivity index (χ3n) is 1.01. The molecular weight excluding hydrogens is 124 g/mol. The maximum Gasteiger partial charge on any atom is 0.315 e. The molecule has 0 bridgehead atoms. The second-order valence-corrected chi connectivity index (χ2v) is 1.86. The summed E-state index contributed by atoms with van der Waals surface area (Å²) < 4.78 is 4.25. The Bertz CT molecular complexity index is 135. The molecule has 0 aromatic heterocycles. The van der Waals surface area contributed by atoms with Gasteiger partial charge in [-0.2, -0.15) is 0 Å². The molecule has 0 amide bonds. The number of cyclic esters (lactones) is 1. The van der Waals surface area contributed by atoms with Crippen molar-refractivity contribution in [3.8, 4) is 0 Å². The van der Waals surface area contributed by atoms with E-state index in [1.165, 1.54) is 0 Å². The van der Waals surface area contributed by atoms with Crippen LogP contribution in [0, 0.1) is 0 Å². The van der Waals surface area contributed by atoms with Gasteiger partial charge in [0, 0.05) is 0 Å². The maximum absolute atomic E-state index is 10.4. The van der Waals surface area contributed by atoms with E-state index in [9.17, 15) is 9.59 Å². The molecule has 1 aliphatic heterocycles. The number of ketones is 1. The van der Waals surface area contributed by atoms with E-state index in [0.717, 1.165) is 0 Å². The Morgan fingerprint density at radius 2 is 2.22 bits per heavy atom. The van der Waals surface area contributed by atoms with Crippen LogP contribution in [0.5, 0.6) is 0 Å². The molecule has 0 saturated carbocycles. The van der Waals surface area contributed by atoms with Gasteiger partial charge >= 0.3 is 5.97 Å². The number of hydrogen-bond donors (Lipinski definition) is 1. The van der Waals surface area contributed by atoms with Crippen LogP contribution in [-0.4, -0.2) is 23.1 Å². The van der Waals surface area contributed by atoms with E-state index in [0.29, 0.717) is 0 Å². The zero-order valence-corrected chi connectivity index (χ0v) is 4.66. The molecule has 4 nitrogen and oxygen atoms in total. The van der Waals surface area contributed by atoms with Crippen molar-refractivity contribution in [1.29, 1.82) is 0 Å². The predicted octanol–water partition coefficient (Wildman–Crippen LogP) is -0.789. The normalized spacial score (nSPS) is 27.9. The van der Waals surface area contributed by atoms with Gasteiger partial charge in [-0.25, -0.2) is 0 Å². The molecule has 1 heterocycles. The van der Waals surface area contributed by atoms with E-state index in [-0.39, 0.29) is 18.6 Å². The van der Waals surface area contributed by atoms with Crippen LogP contribution in [0.25, 0.3) is 0 Å². The topological polar surface area (TPSA) is 63.6 Å². The van der Waals surface area contributed by atoms with Crippen LogP contribution in [0.3, 0.4) is 0 Å². The SMILES string of the molecule is O=C1CC(=O)OC(O)C1. The van der Waals surface area contributed by atoms with Gasteiger partial charge in [-0.1, -0.05) is 0 Å². The van der Waals surface area contributed by atoms with E-state index in [1.54, 1.807) is 0 Å². The number of carbonyl (C=O) groups is 2. The molecule has 1 N–H and O–H groups in total. The van der Waals surface area contributed by atoms with Crippen molar-refractivity contribution in [2.45, 2.75) is 19.1 Å². The van der Waals surface area contributed by atoms with Crippen molar-refractivity contribution in [1.82, 2.24) is 0 Å². The van der Waals surface area contributed by atoms with Crippen LogP contribution in [0.15, 0.2) is 0 Å². The minimum atomic E-state index is -1.21. The smallest absolute Gasteiger partial charge is 0.315 e. The molecular formula is C5H6O4. The van der Waals surface area contributed by atoms with Crippen LogP contribution in [-0.2, 0) is 14.3 Å². The van der Waals surface area contributed by atoms with E-state index in [1.807, 2.05) is 0 Å². The molecule has 0 aromatic rings. The van der Waals surface area contributed by atoms with Crippen molar-refractivity contribution in [3.63, 3.8) is 0 Å². The summed E-state index contributed by atoms with van der Waals surface area (Å²) in [6.07, 6.45) is -1.47. The molecule has 1 unspecified atom stereocenters.